The van der Waals surface area contributed by atoms with E-state index in [1.54, 1.807) is 24.3 Å². The zero-order chi connectivity index (χ0) is 18.2. The molecule has 0 aliphatic carbocycles. The first kappa shape index (κ1) is 20.3. The Morgan fingerprint density at radius 1 is 1.08 bits per heavy atom. The lowest BCUT2D eigenvalue weighted by Gasteiger charge is -2.18. The number of rotatable bonds is 9. The fourth-order valence-corrected chi connectivity index (χ4v) is 2.14. The Morgan fingerprint density at radius 3 is 2.21 bits per heavy atom. The van der Waals surface area contributed by atoms with E-state index in [0.717, 1.165) is 5.56 Å². The second-order valence-electron chi connectivity index (χ2n) is 5.63. The molecule has 0 heterocycles. The van der Waals surface area contributed by atoms with Gasteiger partial charge in [0.25, 0.3) is 0 Å². The van der Waals surface area contributed by atoms with Gasteiger partial charge in [-0.1, -0.05) is 36.4 Å². The highest BCUT2D eigenvalue weighted by Crippen LogP contribution is 2.21. The minimum Gasteiger partial charge on any atom is -0.390 e. The maximum atomic E-state index is 12.2. The number of benzene rings is 1. The van der Waals surface area contributed by atoms with Crippen molar-refractivity contribution in [1.29, 1.82) is 0 Å². The highest BCUT2D eigenvalue weighted by molar-refractivity contribution is 5.58. The average Bonchev–Trinajstić information content (AvgIpc) is 2.53. The molecule has 0 amide bonds. The number of aryl methyl sites for hydroxylation is 1. The molecule has 7 heteroatoms. The average molecular weight is 345 g/mol. The molecule has 1 aromatic rings. The van der Waals surface area contributed by atoms with E-state index in [1.165, 1.54) is 12.1 Å². The fraction of sp³-hybridized carbons (Fsp3) is 0.471. The highest BCUT2D eigenvalue weighted by Gasteiger charge is 2.27. The van der Waals surface area contributed by atoms with Crippen LogP contribution < -0.4 is 5.73 Å². The SMILES string of the molecule is NC(C=O)C(O)C(O)C/C=C/CCc1ccc(CC(F)(F)F)cc1. The van der Waals surface area contributed by atoms with Crippen molar-refractivity contribution in [3.05, 3.63) is 47.5 Å². The minimum atomic E-state index is -4.21. The van der Waals surface area contributed by atoms with Crippen LogP contribution in [0.3, 0.4) is 0 Å². The molecular weight excluding hydrogens is 323 g/mol. The Balaban J connectivity index is 2.35. The van der Waals surface area contributed by atoms with Crippen molar-refractivity contribution in [2.45, 2.75) is 50.1 Å². The zero-order valence-electron chi connectivity index (χ0n) is 13.1. The number of alkyl halides is 3. The van der Waals surface area contributed by atoms with Crippen molar-refractivity contribution in [1.82, 2.24) is 0 Å². The lowest BCUT2D eigenvalue weighted by molar-refractivity contribution is -0.127. The highest BCUT2D eigenvalue weighted by atomic mass is 19.4. The smallest absolute Gasteiger partial charge is 0.390 e. The third kappa shape index (κ3) is 7.72. The number of carbonyl (C=O) groups is 1. The number of aliphatic hydroxyl groups excluding tert-OH is 2. The second-order valence-corrected chi connectivity index (χ2v) is 5.63. The molecule has 134 valence electrons. The largest absolute Gasteiger partial charge is 0.393 e. The van der Waals surface area contributed by atoms with Gasteiger partial charge in [0.1, 0.15) is 12.4 Å². The summed E-state index contributed by atoms with van der Waals surface area (Å²) >= 11 is 0. The molecule has 0 aliphatic rings. The zero-order valence-corrected chi connectivity index (χ0v) is 13.1. The molecule has 3 atom stereocenters. The van der Waals surface area contributed by atoms with Gasteiger partial charge in [0.2, 0.25) is 0 Å². The maximum Gasteiger partial charge on any atom is 0.393 e. The number of aliphatic hydroxyl groups is 2. The van der Waals surface area contributed by atoms with Crippen LogP contribution >= 0.6 is 0 Å². The lowest BCUT2D eigenvalue weighted by Crippen LogP contribution is -2.43. The molecule has 4 N–H and O–H groups in total. The Morgan fingerprint density at radius 2 is 1.67 bits per heavy atom. The van der Waals surface area contributed by atoms with Crippen molar-refractivity contribution >= 4 is 6.29 Å². The van der Waals surface area contributed by atoms with E-state index < -0.39 is 30.8 Å². The molecule has 24 heavy (non-hydrogen) atoms. The van der Waals surface area contributed by atoms with Crippen LogP contribution in [0.1, 0.15) is 24.0 Å². The summed E-state index contributed by atoms with van der Waals surface area (Å²) in [7, 11) is 0. The summed E-state index contributed by atoms with van der Waals surface area (Å²) in [6.45, 7) is 0. The summed E-state index contributed by atoms with van der Waals surface area (Å²) < 4.78 is 36.7. The van der Waals surface area contributed by atoms with Gasteiger partial charge < -0.3 is 20.7 Å². The van der Waals surface area contributed by atoms with Gasteiger partial charge in [-0.05, 0) is 30.4 Å². The molecule has 4 nitrogen and oxygen atoms in total. The van der Waals surface area contributed by atoms with Crippen LogP contribution in [-0.4, -0.2) is 40.9 Å². The van der Waals surface area contributed by atoms with E-state index in [2.05, 4.69) is 0 Å². The Bertz CT molecular complexity index is 529. The van der Waals surface area contributed by atoms with Crippen LogP contribution in [0.2, 0.25) is 0 Å². The Labute approximate surface area is 138 Å². The monoisotopic (exact) mass is 345 g/mol. The van der Waals surface area contributed by atoms with Gasteiger partial charge in [-0.3, -0.25) is 0 Å². The van der Waals surface area contributed by atoms with Crippen LogP contribution in [0.5, 0.6) is 0 Å². The van der Waals surface area contributed by atoms with Gasteiger partial charge in [0.05, 0.1) is 18.6 Å². The second kappa shape index (κ2) is 9.56. The van der Waals surface area contributed by atoms with Crippen molar-refractivity contribution in [3.8, 4) is 0 Å². The van der Waals surface area contributed by atoms with Crippen LogP contribution in [0.25, 0.3) is 0 Å². The number of hydrogen-bond donors (Lipinski definition) is 3. The Hall–Kier alpha value is -1.70. The maximum absolute atomic E-state index is 12.2. The van der Waals surface area contributed by atoms with Crippen LogP contribution in [0.4, 0.5) is 13.2 Å². The summed E-state index contributed by atoms with van der Waals surface area (Å²) in [4.78, 5) is 10.4. The normalized spacial score (nSPS) is 16.1. The summed E-state index contributed by atoms with van der Waals surface area (Å²) in [5.41, 5.74) is 6.44. The van der Waals surface area contributed by atoms with Gasteiger partial charge >= 0.3 is 6.18 Å². The van der Waals surface area contributed by atoms with Crippen molar-refractivity contribution in [3.63, 3.8) is 0 Å². The van der Waals surface area contributed by atoms with Crippen molar-refractivity contribution in [2.24, 2.45) is 5.73 Å². The molecule has 0 radical (unpaired) electrons. The fourth-order valence-electron chi connectivity index (χ4n) is 2.14. The first-order valence-corrected chi connectivity index (χ1v) is 7.59. The van der Waals surface area contributed by atoms with Crippen LogP contribution in [-0.2, 0) is 17.6 Å². The van der Waals surface area contributed by atoms with Crippen LogP contribution in [0, 0.1) is 0 Å². The van der Waals surface area contributed by atoms with Crippen LogP contribution in [0.15, 0.2) is 36.4 Å². The molecule has 0 saturated carbocycles. The molecule has 0 fully saturated rings. The quantitative estimate of drug-likeness (QED) is 0.472. The van der Waals surface area contributed by atoms with E-state index >= 15 is 0 Å². The standard InChI is InChI=1S/C17H22F3NO3/c18-17(19,20)10-13-8-6-12(7-9-13)4-2-1-3-5-15(23)16(24)14(21)11-22/h1,3,6-9,11,14-16,23-24H,2,4-5,10,21H2/b3-1+. The number of carbonyl (C=O) groups excluding carboxylic acids is 1. The topological polar surface area (TPSA) is 83.6 Å². The summed E-state index contributed by atoms with van der Waals surface area (Å²) in [5, 5.41) is 19.1. The molecule has 3 unspecified atom stereocenters. The molecule has 0 spiro atoms. The lowest BCUT2D eigenvalue weighted by atomic mass is 10.0. The van der Waals surface area contributed by atoms with E-state index in [-0.39, 0.29) is 12.0 Å². The van der Waals surface area contributed by atoms with Gasteiger partial charge in [-0.25, -0.2) is 0 Å². The van der Waals surface area contributed by atoms with Gasteiger partial charge in [0.15, 0.2) is 0 Å². The summed E-state index contributed by atoms with van der Waals surface area (Å²) in [6.07, 6.45) is -2.28. The Kier molecular flexibility index (Phi) is 8.10. The van der Waals surface area contributed by atoms with Gasteiger partial charge in [0, 0.05) is 0 Å². The number of halogens is 3. The number of aldehydes is 1. The molecule has 0 saturated heterocycles. The third-order valence-corrected chi connectivity index (χ3v) is 3.52. The van der Waals surface area contributed by atoms with Gasteiger partial charge in [-0.2, -0.15) is 13.2 Å². The van der Waals surface area contributed by atoms with E-state index in [4.69, 9.17) is 5.73 Å². The molecule has 0 aliphatic heterocycles. The van der Waals surface area contributed by atoms with E-state index in [0.29, 0.717) is 19.1 Å². The van der Waals surface area contributed by atoms with Crippen molar-refractivity contribution < 1.29 is 28.2 Å². The van der Waals surface area contributed by atoms with E-state index in [9.17, 15) is 28.2 Å². The molecule has 1 rings (SSSR count). The predicted molar refractivity (Wildman–Crippen MR) is 84.3 cm³/mol. The number of allylic oxidation sites excluding steroid dienone is 1. The summed E-state index contributed by atoms with van der Waals surface area (Å²) in [6, 6.07) is 5.14. The molecule has 0 aromatic heterocycles. The summed E-state index contributed by atoms with van der Waals surface area (Å²) in [5.74, 6) is 0. The predicted octanol–water partition coefficient (Wildman–Crippen LogP) is 1.92. The number of hydrogen-bond acceptors (Lipinski definition) is 4. The van der Waals surface area contributed by atoms with Gasteiger partial charge in [-0.15, -0.1) is 0 Å². The third-order valence-electron chi connectivity index (χ3n) is 3.52. The van der Waals surface area contributed by atoms with E-state index in [1.807, 2.05) is 0 Å². The molecule has 1 aromatic carbocycles. The number of nitrogens with two attached hydrogens (primary N) is 1. The molecular formula is C17H22F3NO3. The first-order chi connectivity index (χ1) is 11.2. The first-order valence-electron chi connectivity index (χ1n) is 7.59. The minimum absolute atomic E-state index is 0.160. The van der Waals surface area contributed by atoms with Crippen molar-refractivity contribution in [2.75, 3.05) is 0 Å². The molecule has 0 bridgehead atoms.